The van der Waals surface area contributed by atoms with Crippen LogP contribution in [0, 0.1) is 0 Å². The molecular formula is C23H17N3O. The number of H-pyrrole nitrogens is 2. The van der Waals surface area contributed by atoms with E-state index in [4.69, 9.17) is 0 Å². The summed E-state index contributed by atoms with van der Waals surface area (Å²) in [4.78, 5) is 19.2. The van der Waals surface area contributed by atoms with Crippen molar-refractivity contribution in [2.75, 3.05) is 5.32 Å². The lowest BCUT2D eigenvalue weighted by Crippen LogP contribution is -2.12. The first kappa shape index (κ1) is 15.5. The van der Waals surface area contributed by atoms with E-state index in [9.17, 15) is 4.79 Å². The topological polar surface area (TPSA) is 60.7 Å². The fraction of sp³-hybridized carbons (Fsp3) is 0. The van der Waals surface area contributed by atoms with Gasteiger partial charge in [0.15, 0.2) is 0 Å². The molecule has 0 saturated carbocycles. The number of carbonyl (C=O) groups excluding carboxylic acids is 1. The van der Waals surface area contributed by atoms with Gasteiger partial charge in [-0.25, -0.2) is 0 Å². The van der Waals surface area contributed by atoms with Crippen molar-refractivity contribution in [3.8, 4) is 11.3 Å². The van der Waals surface area contributed by atoms with Crippen molar-refractivity contribution in [2.24, 2.45) is 0 Å². The van der Waals surface area contributed by atoms with Crippen molar-refractivity contribution in [1.82, 2.24) is 9.97 Å². The summed E-state index contributed by atoms with van der Waals surface area (Å²) in [6.45, 7) is 0. The molecule has 0 unspecified atom stereocenters. The van der Waals surface area contributed by atoms with Crippen LogP contribution in [0.4, 0.5) is 5.69 Å². The van der Waals surface area contributed by atoms with Crippen LogP contribution in [0.1, 0.15) is 10.5 Å². The molecule has 4 heteroatoms. The van der Waals surface area contributed by atoms with E-state index < -0.39 is 0 Å². The second-order valence-electron chi connectivity index (χ2n) is 6.58. The van der Waals surface area contributed by atoms with Gasteiger partial charge in [0, 0.05) is 38.8 Å². The molecule has 0 atom stereocenters. The van der Waals surface area contributed by atoms with Gasteiger partial charge in [-0.05, 0) is 36.4 Å². The number of hydrogen-bond acceptors (Lipinski definition) is 1. The maximum Gasteiger partial charge on any atom is 0.272 e. The Kier molecular flexibility index (Phi) is 3.54. The molecule has 27 heavy (non-hydrogen) atoms. The van der Waals surface area contributed by atoms with Crippen LogP contribution in [0.25, 0.3) is 33.1 Å². The number of aromatic amines is 2. The summed E-state index contributed by atoms with van der Waals surface area (Å²) < 4.78 is 0. The molecule has 0 aliphatic rings. The minimum Gasteiger partial charge on any atom is -0.355 e. The fourth-order valence-electron chi connectivity index (χ4n) is 3.39. The van der Waals surface area contributed by atoms with E-state index in [1.807, 2.05) is 66.7 Å². The Morgan fingerprint density at radius 3 is 2.15 bits per heavy atom. The van der Waals surface area contributed by atoms with Crippen LogP contribution >= 0.6 is 0 Å². The van der Waals surface area contributed by atoms with Gasteiger partial charge in [-0.3, -0.25) is 4.79 Å². The maximum atomic E-state index is 12.6. The van der Waals surface area contributed by atoms with Crippen molar-refractivity contribution in [3.05, 3.63) is 90.6 Å². The van der Waals surface area contributed by atoms with Crippen molar-refractivity contribution in [2.45, 2.75) is 0 Å². The van der Waals surface area contributed by atoms with E-state index >= 15 is 0 Å². The Balaban J connectivity index is 1.43. The number of fused-ring (bicyclic) bond motifs is 2. The molecule has 5 rings (SSSR count). The Hall–Kier alpha value is -3.79. The summed E-state index contributed by atoms with van der Waals surface area (Å²) in [6.07, 6.45) is 0. The third kappa shape index (κ3) is 2.87. The molecule has 0 saturated heterocycles. The van der Waals surface area contributed by atoms with Crippen molar-refractivity contribution < 1.29 is 4.79 Å². The van der Waals surface area contributed by atoms with E-state index in [0.717, 1.165) is 33.4 Å². The molecule has 0 bridgehead atoms. The van der Waals surface area contributed by atoms with Gasteiger partial charge in [-0.1, -0.05) is 48.5 Å². The smallest absolute Gasteiger partial charge is 0.272 e. The quantitative estimate of drug-likeness (QED) is 0.391. The largest absolute Gasteiger partial charge is 0.355 e. The van der Waals surface area contributed by atoms with Crippen LogP contribution in [-0.4, -0.2) is 15.9 Å². The molecule has 2 heterocycles. The molecule has 0 radical (unpaired) electrons. The molecule has 0 aliphatic carbocycles. The van der Waals surface area contributed by atoms with Gasteiger partial charge in [0.25, 0.3) is 5.91 Å². The number of para-hydroxylation sites is 2. The minimum absolute atomic E-state index is 0.153. The van der Waals surface area contributed by atoms with Gasteiger partial charge in [0.2, 0.25) is 0 Å². The number of nitrogens with one attached hydrogen (secondary N) is 3. The van der Waals surface area contributed by atoms with E-state index in [1.165, 1.54) is 5.39 Å². The Labute approximate surface area is 155 Å². The number of rotatable bonds is 3. The molecule has 4 nitrogen and oxygen atoms in total. The Bertz CT molecular complexity index is 1210. The molecule has 2 aromatic heterocycles. The number of hydrogen-bond donors (Lipinski definition) is 3. The Morgan fingerprint density at radius 2 is 1.41 bits per heavy atom. The Morgan fingerprint density at radius 1 is 0.704 bits per heavy atom. The molecule has 0 spiro atoms. The molecule has 5 aromatic rings. The van der Waals surface area contributed by atoms with Crippen LogP contribution in [0.5, 0.6) is 0 Å². The first-order chi connectivity index (χ1) is 13.3. The average molecular weight is 351 g/mol. The highest BCUT2D eigenvalue weighted by Crippen LogP contribution is 2.26. The van der Waals surface area contributed by atoms with Gasteiger partial charge in [0.05, 0.1) is 0 Å². The third-order valence-electron chi connectivity index (χ3n) is 4.74. The zero-order valence-corrected chi connectivity index (χ0v) is 14.5. The highest BCUT2D eigenvalue weighted by Gasteiger charge is 2.10. The lowest BCUT2D eigenvalue weighted by atomic mass is 10.1. The lowest BCUT2D eigenvalue weighted by molar-refractivity contribution is 0.102. The second-order valence-corrected chi connectivity index (χ2v) is 6.58. The van der Waals surface area contributed by atoms with Crippen LogP contribution in [0.3, 0.4) is 0 Å². The third-order valence-corrected chi connectivity index (χ3v) is 4.74. The highest BCUT2D eigenvalue weighted by atomic mass is 16.1. The molecular weight excluding hydrogens is 334 g/mol. The zero-order valence-electron chi connectivity index (χ0n) is 14.5. The van der Waals surface area contributed by atoms with Gasteiger partial charge in [-0.15, -0.1) is 0 Å². The average Bonchev–Trinajstić information content (AvgIpc) is 3.32. The van der Waals surface area contributed by atoms with Crippen LogP contribution in [0.2, 0.25) is 0 Å². The summed E-state index contributed by atoms with van der Waals surface area (Å²) in [5, 5.41) is 5.17. The number of aromatic nitrogens is 2. The van der Waals surface area contributed by atoms with Crippen LogP contribution in [-0.2, 0) is 0 Å². The van der Waals surface area contributed by atoms with E-state index in [2.05, 4.69) is 33.5 Å². The standard InChI is InChI=1S/C23H17N3O/c27-23(22-14-17-7-2-4-11-20(17)26-22)24-18-9-5-8-15(12-18)21-13-16-6-1-3-10-19(16)25-21/h1-14,25-26H,(H,24,27). The van der Waals surface area contributed by atoms with E-state index in [-0.39, 0.29) is 5.91 Å². The molecule has 3 N–H and O–H groups in total. The highest BCUT2D eigenvalue weighted by molar-refractivity contribution is 6.06. The maximum absolute atomic E-state index is 12.6. The molecule has 0 fully saturated rings. The molecule has 1 amide bonds. The molecule has 3 aromatic carbocycles. The number of carbonyl (C=O) groups is 1. The van der Waals surface area contributed by atoms with Crippen molar-refractivity contribution in [1.29, 1.82) is 0 Å². The number of benzene rings is 3. The minimum atomic E-state index is -0.153. The first-order valence-corrected chi connectivity index (χ1v) is 8.83. The summed E-state index contributed by atoms with van der Waals surface area (Å²) in [5.41, 5.74) is 5.41. The number of amides is 1. The van der Waals surface area contributed by atoms with Gasteiger partial charge in [-0.2, -0.15) is 0 Å². The van der Waals surface area contributed by atoms with E-state index in [0.29, 0.717) is 5.69 Å². The summed E-state index contributed by atoms with van der Waals surface area (Å²) >= 11 is 0. The summed E-state index contributed by atoms with van der Waals surface area (Å²) in [7, 11) is 0. The monoisotopic (exact) mass is 351 g/mol. The van der Waals surface area contributed by atoms with Gasteiger partial charge >= 0.3 is 0 Å². The number of anilines is 1. The van der Waals surface area contributed by atoms with E-state index in [1.54, 1.807) is 0 Å². The fourth-order valence-corrected chi connectivity index (χ4v) is 3.39. The van der Waals surface area contributed by atoms with Crippen LogP contribution in [0.15, 0.2) is 84.9 Å². The molecule has 0 aliphatic heterocycles. The van der Waals surface area contributed by atoms with Crippen molar-refractivity contribution >= 4 is 33.4 Å². The predicted molar refractivity (Wildman–Crippen MR) is 110 cm³/mol. The van der Waals surface area contributed by atoms with Gasteiger partial charge < -0.3 is 15.3 Å². The predicted octanol–water partition coefficient (Wildman–Crippen LogP) is 5.57. The van der Waals surface area contributed by atoms with Gasteiger partial charge in [0.1, 0.15) is 5.69 Å². The summed E-state index contributed by atoms with van der Waals surface area (Å²) in [6, 6.07) is 27.9. The normalized spacial score (nSPS) is 11.1. The first-order valence-electron chi connectivity index (χ1n) is 8.83. The molecule has 130 valence electrons. The van der Waals surface area contributed by atoms with Crippen molar-refractivity contribution in [3.63, 3.8) is 0 Å². The van der Waals surface area contributed by atoms with Crippen LogP contribution < -0.4 is 5.32 Å². The zero-order chi connectivity index (χ0) is 18.2. The lowest BCUT2D eigenvalue weighted by Gasteiger charge is -2.06. The SMILES string of the molecule is O=C(Nc1cccc(-c2cc3ccccc3[nH]2)c1)c1cc2ccccc2[nH]1. The summed E-state index contributed by atoms with van der Waals surface area (Å²) in [5.74, 6) is -0.153. The second kappa shape index (κ2) is 6.18.